The van der Waals surface area contributed by atoms with Crippen LogP contribution in [-0.2, 0) is 25.4 Å². The van der Waals surface area contributed by atoms with Gasteiger partial charge in [0.15, 0.2) is 17.2 Å². The second kappa shape index (κ2) is 8.79. The smallest absolute Gasteiger partial charge is 0.332 e. The zero-order valence-electron chi connectivity index (χ0n) is 17.2. The lowest BCUT2D eigenvalue weighted by atomic mass is 10.2. The van der Waals surface area contributed by atoms with Crippen LogP contribution in [0.1, 0.15) is 5.56 Å². The Balaban J connectivity index is 1.64. The molecule has 0 aliphatic carbocycles. The molecule has 3 heterocycles. The molecule has 3 aromatic heterocycles. The molecule has 0 spiro atoms. The zero-order chi connectivity index (χ0) is 22.8. The van der Waals surface area contributed by atoms with E-state index >= 15 is 0 Å². The van der Waals surface area contributed by atoms with E-state index in [1.807, 2.05) is 0 Å². The van der Waals surface area contributed by atoms with Crippen molar-refractivity contribution >= 4 is 28.7 Å². The van der Waals surface area contributed by atoms with Gasteiger partial charge in [0.1, 0.15) is 16.2 Å². The molecule has 0 saturated heterocycles. The number of nitrogens with one attached hydrogen (secondary N) is 1. The third-order valence-electron chi connectivity index (χ3n) is 4.75. The summed E-state index contributed by atoms with van der Waals surface area (Å²) in [6.45, 7) is 0.234. The first-order valence-electron chi connectivity index (χ1n) is 9.50. The van der Waals surface area contributed by atoms with Gasteiger partial charge in [-0.25, -0.2) is 19.2 Å². The maximum absolute atomic E-state index is 13.0. The first kappa shape index (κ1) is 21.5. The van der Waals surface area contributed by atoms with Crippen LogP contribution in [0.3, 0.4) is 0 Å². The van der Waals surface area contributed by atoms with E-state index in [1.54, 1.807) is 24.3 Å². The summed E-state index contributed by atoms with van der Waals surface area (Å²) in [6, 6.07) is 9.13. The number of nitrogens with zero attached hydrogens (tertiary/aromatic N) is 4. The van der Waals surface area contributed by atoms with Crippen molar-refractivity contribution in [2.75, 3.05) is 5.75 Å². The Kier molecular flexibility index (Phi) is 5.91. The summed E-state index contributed by atoms with van der Waals surface area (Å²) in [5.74, 6) is -0.124. The lowest BCUT2D eigenvalue weighted by Gasteiger charge is -2.11. The van der Waals surface area contributed by atoms with Gasteiger partial charge in [-0.2, -0.15) is 0 Å². The van der Waals surface area contributed by atoms with Crippen LogP contribution in [0.2, 0.25) is 0 Å². The van der Waals surface area contributed by atoms with Gasteiger partial charge in [0.05, 0.1) is 12.0 Å². The Bertz CT molecular complexity index is 1410. The second-order valence-corrected chi connectivity index (χ2v) is 7.89. The minimum Gasteiger partial charge on any atom is -0.461 e. The van der Waals surface area contributed by atoms with Crippen molar-refractivity contribution in [3.63, 3.8) is 0 Å². The fraction of sp³-hybridized carbons (Fsp3) is 0.190. The molecule has 0 aliphatic heterocycles. The van der Waals surface area contributed by atoms with Crippen LogP contribution in [0.5, 0.6) is 0 Å². The number of thioether (sulfide) groups is 1. The summed E-state index contributed by atoms with van der Waals surface area (Å²) in [5, 5.41) is 3.14. The maximum atomic E-state index is 13.0. The number of hydrogen-bond acceptors (Lipinski definition) is 7. The van der Waals surface area contributed by atoms with Crippen molar-refractivity contribution in [3.05, 3.63) is 74.9 Å². The number of amides is 1. The Hall–Kier alpha value is -3.73. The van der Waals surface area contributed by atoms with Crippen LogP contribution in [0.25, 0.3) is 22.6 Å². The van der Waals surface area contributed by atoms with E-state index in [0.717, 1.165) is 21.9 Å². The molecule has 11 heteroatoms. The van der Waals surface area contributed by atoms with Crippen LogP contribution in [0, 0.1) is 5.82 Å². The number of aryl methyl sites for hydroxylation is 1. The van der Waals surface area contributed by atoms with E-state index in [2.05, 4.69) is 15.3 Å². The Morgan fingerprint density at radius 3 is 2.56 bits per heavy atom. The predicted molar refractivity (Wildman–Crippen MR) is 117 cm³/mol. The number of halogens is 1. The third kappa shape index (κ3) is 4.19. The Labute approximate surface area is 184 Å². The molecule has 0 bridgehead atoms. The van der Waals surface area contributed by atoms with Gasteiger partial charge in [0, 0.05) is 20.6 Å². The van der Waals surface area contributed by atoms with Gasteiger partial charge in [-0.15, -0.1) is 0 Å². The first-order valence-corrected chi connectivity index (χ1v) is 10.5. The zero-order valence-corrected chi connectivity index (χ0v) is 18.0. The average molecular weight is 455 g/mol. The minimum atomic E-state index is -0.552. The Morgan fingerprint density at radius 2 is 1.88 bits per heavy atom. The minimum absolute atomic E-state index is 0.0309. The molecule has 0 radical (unpaired) electrons. The molecule has 32 heavy (non-hydrogen) atoms. The monoisotopic (exact) mass is 455 g/mol. The number of hydrogen-bond donors (Lipinski definition) is 1. The molecule has 164 valence electrons. The molecule has 0 fully saturated rings. The van der Waals surface area contributed by atoms with Gasteiger partial charge in [-0.1, -0.05) is 23.9 Å². The lowest BCUT2D eigenvalue weighted by molar-refractivity contribution is -0.118. The fourth-order valence-corrected chi connectivity index (χ4v) is 3.88. The highest BCUT2D eigenvalue weighted by atomic mass is 32.2. The summed E-state index contributed by atoms with van der Waals surface area (Å²) in [7, 11) is 2.88. The molecule has 0 saturated carbocycles. The van der Waals surface area contributed by atoms with E-state index in [-0.39, 0.29) is 45.9 Å². The van der Waals surface area contributed by atoms with Gasteiger partial charge in [-0.3, -0.25) is 18.7 Å². The largest absolute Gasteiger partial charge is 0.461 e. The van der Waals surface area contributed by atoms with E-state index in [4.69, 9.17) is 4.42 Å². The molecule has 1 aromatic carbocycles. The maximum Gasteiger partial charge on any atom is 0.332 e. The fourth-order valence-electron chi connectivity index (χ4n) is 3.04. The number of carbonyl (C=O) groups excluding carboxylic acids is 1. The third-order valence-corrected chi connectivity index (χ3v) is 5.73. The van der Waals surface area contributed by atoms with Gasteiger partial charge in [0.2, 0.25) is 5.91 Å². The van der Waals surface area contributed by atoms with Gasteiger partial charge >= 0.3 is 5.69 Å². The molecule has 1 amide bonds. The van der Waals surface area contributed by atoms with E-state index in [1.165, 1.54) is 37.1 Å². The van der Waals surface area contributed by atoms with Crippen LogP contribution in [0.4, 0.5) is 4.39 Å². The second-order valence-electron chi connectivity index (χ2n) is 6.93. The van der Waals surface area contributed by atoms with E-state index < -0.39 is 11.2 Å². The van der Waals surface area contributed by atoms with Gasteiger partial charge < -0.3 is 9.73 Å². The van der Waals surface area contributed by atoms with E-state index in [0.29, 0.717) is 5.76 Å². The van der Waals surface area contributed by atoms with E-state index in [9.17, 15) is 18.8 Å². The standard InChI is InChI=1S/C21H18FN5O4S/c1-26-18-16(20(29)27(2)21(26)30)19(25-17(24-18)14-4-3-9-31-14)32-11-15(28)23-10-12-5-7-13(22)8-6-12/h3-9H,10-11H2,1-2H3,(H,23,28). The van der Waals surface area contributed by atoms with Crippen molar-refractivity contribution < 1.29 is 13.6 Å². The quantitative estimate of drug-likeness (QED) is 0.349. The Morgan fingerprint density at radius 1 is 1.12 bits per heavy atom. The van der Waals surface area contributed by atoms with Crippen molar-refractivity contribution in [2.24, 2.45) is 14.1 Å². The molecule has 0 aliphatic rings. The van der Waals surface area contributed by atoms with Crippen molar-refractivity contribution in [2.45, 2.75) is 11.6 Å². The number of furan rings is 1. The number of carbonyl (C=O) groups is 1. The van der Waals surface area contributed by atoms with Crippen molar-refractivity contribution in [1.82, 2.24) is 24.4 Å². The molecule has 9 nitrogen and oxygen atoms in total. The summed E-state index contributed by atoms with van der Waals surface area (Å²) in [5.41, 5.74) is -0.183. The number of rotatable bonds is 6. The highest BCUT2D eigenvalue weighted by Crippen LogP contribution is 2.26. The molecule has 0 unspecified atom stereocenters. The molecule has 4 rings (SSSR count). The summed E-state index contributed by atoms with van der Waals surface area (Å²) in [6.07, 6.45) is 1.46. The summed E-state index contributed by atoms with van der Waals surface area (Å²) in [4.78, 5) is 46.3. The summed E-state index contributed by atoms with van der Waals surface area (Å²) < 4.78 is 20.6. The average Bonchev–Trinajstić information content (AvgIpc) is 3.34. The normalized spacial score (nSPS) is 11.1. The van der Waals surface area contributed by atoms with Crippen molar-refractivity contribution in [1.29, 1.82) is 0 Å². The van der Waals surface area contributed by atoms with Gasteiger partial charge in [0.25, 0.3) is 5.56 Å². The highest BCUT2D eigenvalue weighted by molar-refractivity contribution is 8.00. The SMILES string of the molecule is Cn1c(=O)c2c(SCC(=O)NCc3ccc(F)cc3)nc(-c3ccco3)nc2n(C)c1=O. The molecular formula is C21H18FN5O4S. The van der Waals surface area contributed by atoms with Crippen LogP contribution < -0.4 is 16.6 Å². The first-order chi connectivity index (χ1) is 15.3. The lowest BCUT2D eigenvalue weighted by Crippen LogP contribution is -2.37. The number of fused-ring (bicyclic) bond motifs is 1. The number of benzene rings is 1. The molecule has 1 N–H and O–H groups in total. The molecule has 4 aromatic rings. The predicted octanol–water partition coefficient (Wildman–Crippen LogP) is 1.83. The highest BCUT2D eigenvalue weighted by Gasteiger charge is 2.19. The van der Waals surface area contributed by atoms with Crippen LogP contribution in [0.15, 0.2) is 61.7 Å². The van der Waals surface area contributed by atoms with Crippen LogP contribution >= 0.6 is 11.8 Å². The van der Waals surface area contributed by atoms with Crippen molar-refractivity contribution in [3.8, 4) is 11.6 Å². The molecule has 0 atom stereocenters. The number of aromatic nitrogens is 4. The summed E-state index contributed by atoms with van der Waals surface area (Å²) >= 11 is 1.05. The van der Waals surface area contributed by atoms with Crippen LogP contribution in [-0.4, -0.2) is 30.8 Å². The topological polar surface area (TPSA) is 112 Å². The van der Waals surface area contributed by atoms with Gasteiger partial charge in [-0.05, 0) is 29.8 Å². The molecular weight excluding hydrogens is 437 g/mol.